The number of aliphatic hydroxyl groups is 1. The average molecular weight is 460 g/mol. The van der Waals surface area contributed by atoms with Crippen molar-refractivity contribution in [3.05, 3.63) is 68.7 Å². The summed E-state index contributed by atoms with van der Waals surface area (Å²) in [6.07, 6.45) is 3.68. The van der Waals surface area contributed by atoms with Crippen LogP contribution in [0.25, 0.3) is 5.76 Å². The fourth-order valence-electron chi connectivity index (χ4n) is 4.67. The number of nitrogens with zero attached hydrogens (tertiary/aromatic N) is 1. The molecule has 1 saturated carbocycles. The third-order valence-corrected chi connectivity index (χ3v) is 6.52. The van der Waals surface area contributed by atoms with Crippen molar-refractivity contribution in [1.29, 1.82) is 0 Å². The molecule has 1 saturated heterocycles. The molecule has 2 fully saturated rings. The summed E-state index contributed by atoms with van der Waals surface area (Å²) in [5, 5.41) is 11.8. The van der Waals surface area contributed by atoms with Gasteiger partial charge in [0.2, 0.25) is 0 Å². The second-order valence-corrected chi connectivity index (χ2v) is 8.87. The van der Waals surface area contributed by atoms with Crippen molar-refractivity contribution in [2.75, 3.05) is 7.11 Å². The van der Waals surface area contributed by atoms with E-state index in [1.54, 1.807) is 4.90 Å². The van der Waals surface area contributed by atoms with E-state index in [0.717, 1.165) is 36.8 Å². The zero-order chi connectivity index (χ0) is 22.3. The molecule has 1 atom stereocenters. The van der Waals surface area contributed by atoms with Crippen LogP contribution in [0.4, 0.5) is 0 Å². The molecule has 4 rings (SSSR count). The first kappa shape index (κ1) is 21.7. The van der Waals surface area contributed by atoms with E-state index in [0.29, 0.717) is 0 Å². The number of rotatable bonds is 4. The summed E-state index contributed by atoms with van der Waals surface area (Å²) in [5.74, 6) is -1.45. The number of benzene rings is 2. The van der Waals surface area contributed by atoms with Gasteiger partial charge in [0, 0.05) is 11.1 Å². The maximum atomic E-state index is 13.2. The molecule has 2 aromatic carbocycles. The van der Waals surface area contributed by atoms with Gasteiger partial charge in [-0.3, -0.25) is 9.59 Å². The van der Waals surface area contributed by atoms with Crippen LogP contribution in [0.5, 0.6) is 5.75 Å². The third-order valence-electron chi connectivity index (χ3n) is 6.02. The van der Waals surface area contributed by atoms with Gasteiger partial charge in [0.05, 0.1) is 29.3 Å². The van der Waals surface area contributed by atoms with E-state index < -0.39 is 17.7 Å². The summed E-state index contributed by atoms with van der Waals surface area (Å²) < 4.78 is 5.37. The summed E-state index contributed by atoms with van der Waals surface area (Å²) in [5.41, 5.74) is 1.99. The molecular weight excluding hydrogens is 437 g/mol. The van der Waals surface area contributed by atoms with Gasteiger partial charge in [-0.05, 0) is 37.5 Å². The fraction of sp³-hybridized carbons (Fsp3) is 0.333. The molecule has 7 heteroatoms. The first-order valence-corrected chi connectivity index (χ1v) is 11.0. The molecule has 0 spiro atoms. The number of Topliss-reactive ketones (excluding diaryl/α,β-unsaturated/α-hetero) is 1. The first-order chi connectivity index (χ1) is 14.8. The lowest BCUT2D eigenvalue weighted by Gasteiger charge is -2.31. The van der Waals surface area contributed by atoms with Crippen LogP contribution in [0.3, 0.4) is 0 Å². The topological polar surface area (TPSA) is 66.8 Å². The molecule has 1 amide bonds. The number of methoxy groups -OCH3 is 1. The molecule has 1 aliphatic heterocycles. The minimum absolute atomic E-state index is 0.0270. The fourth-order valence-corrected chi connectivity index (χ4v) is 5.24. The second kappa shape index (κ2) is 8.56. The van der Waals surface area contributed by atoms with Gasteiger partial charge in [0.1, 0.15) is 11.5 Å². The van der Waals surface area contributed by atoms with Crippen molar-refractivity contribution in [3.63, 3.8) is 0 Å². The van der Waals surface area contributed by atoms with E-state index in [-0.39, 0.29) is 38.7 Å². The summed E-state index contributed by atoms with van der Waals surface area (Å²) in [7, 11) is 1.42. The zero-order valence-electron chi connectivity index (χ0n) is 17.3. The molecule has 2 aliphatic rings. The number of aryl methyl sites for hydroxylation is 1. The van der Waals surface area contributed by atoms with Crippen LogP contribution in [-0.2, 0) is 9.59 Å². The summed E-state index contributed by atoms with van der Waals surface area (Å²) in [6.45, 7) is 1.95. The lowest BCUT2D eigenvalue weighted by molar-refractivity contribution is -0.141. The zero-order valence-corrected chi connectivity index (χ0v) is 18.8. The minimum atomic E-state index is -0.714. The Kier molecular flexibility index (Phi) is 6.00. The third kappa shape index (κ3) is 3.81. The van der Waals surface area contributed by atoms with Crippen LogP contribution >= 0.6 is 23.2 Å². The molecule has 1 N–H and O–H groups in total. The number of halogens is 2. The Bertz CT molecular complexity index is 1090. The van der Waals surface area contributed by atoms with Crippen molar-refractivity contribution < 1.29 is 19.4 Å². The van der Waals surface area contributed by atoms with E-state index in [2.05, 4.69) is 0 Å². The number of ketones is 1. The maximum absolute atomic E-state index is 13.2. The van der Waals surface area contributed by atoms with Crippen molar-refractivity contribution in [3.8, 4) is 5.75 Å². The number of likely N-dealkylation sites (tertiary alicyclic amines) is 1. The summed E-state index contributed by atoms with van der Waals surface area (Å²) in [6, 6.07) is 9.89. The Hall–Kier alpha value is -2.50. The highest BCUT2D eigenvalue weighted by Crippen LogP contribution is 2.45. The number of amides is 1. The summed E-state index contributed by atoms with van der Waals surface area (Å²) >= 11 is 12.4. The van der Waals surface area contributed by atoms with Gasteiger partial charge in [0.15, 0.2) is 0 Å². The molecule has 0 radical (unpaired) electrons. The van der Waals surface area contributed by atoms with Crippen LogP contribution in [0.2, 0.25) is 10.0 Å². The van der Waals surface area contributed by atoms with Crippen LogP contribution in [-0.4, -0.2) is 34.8 Å². The molecule has 1 heterocycles. The maximum Gasteiger partial charge on any atom is 0.295 e. The number of aliphatic hydroxyl groups excluding tert-OH is 1. The van der Waals surface area contributed by atoms with Crippen molar-refractivity contribution >= 4 is 40.7 Å². The van der Waals surface area contributed by atoms with Crippen molar-refractivity contribution in [2.45, 2.75) is 44.7 Å². The Morgan fingerprint density at radius 1 is 1.13 bits per heavy atom. The van der Waals surface area contributed by atoms with Gasteiger partial charge < -0.3 is 14.7 Å². The van der Waals surface area contributed by atoms with E-state index in [9.17, 15) is 14.7 Å². The Morgan fingerprint density at radius 2 is 1.84 bits per heavy atom. The van der Waals surface area contributed by atoms with E-state index in [1.807, 2.05) is 31.2 Å². The predicted octanol–water partition coefficient (Wildman–Crippen LogP) is 5.67. The van der Waals surface area contributed by atoms with E-state index >= 15 is 0 Å². The van der Waals surface area contributed by atoms with E-state index in [1.165, 1.54) is 19.2 Å². The highest BCUT2D eigenvalue weighted by Gasteiger charge is 2.49. The molecule has 1 unspecified atom stereocenters. The Balaban J connectivity index is 1.96. The van der Waals surface area contributed by atoms with Crippen molar-refractivity contribution in [1.82, 2.24) is 4.90 Å². The molecule has 0 bridgehead atoms. The number of ether oxygens (including phenoxy) is 1. The molecule has 1 aliphatic carbocycles. The second-order valence-electron chi connectivity index (χ2n) is 8.03. The standard InChI is InChI=1S/C24H23Cl2NO4/c1-13-6-5-7-14(10-13)20-19(22(29)24(30)27(20)16-8-3-4-9-16)21(28)17-11-15(25)12-18(26)23(17)31-2/h5-7,10-12,16,20,28H,3-4,8-9H2,1-2H3/b21-19+. The smallest absolute Gasteiger partial charge is 0.295 e. The molecule has 5 nitrogen and oxygen atoms in total. The number of hydrogen-bond acceptors (Lipinski definition) is 4. The Morgan fingerprint density at radius 3 is 2.48 bits per heavy atom. The Labute approximate surface area is 191 Å². The summed E-state index contributed by atoms with van der Waals surface area (Å²) in [4.78, 5) is 28.0. The number of hydrogen-bond donors (Lipinski definition) is 1. The molecular formula is C24H23Cl2NO4. The molecule has 0 aromatic heterocycles. The van der Waals surface area contributed by atoms with E-state index in [4.69, 9.17) is 27.9 Å². The number of carbonyl (C=O) groups excluding carboxylic acids is 2. The highest BCUT2D eigenvalue weighted by atomic mass is 35.5. The average Bonchev–Trinajstić information content (AvgIpc) is 3.34. The SMILES string of the molecule is COc1c(Cl)cc(Cl)cc1/C(O)=C1\C(=O)C(=O)N(C2CCCC2)C1c1cccc(C)c1. The highest BCUT2D eigenvalue weighted by molar-refractivity contribution is 6.47. The van der Waals surface area contributed by atoms with Gasteiger partial charge in [-0.1, -0.05) is 65.9 Å². The van der Waals surface area contributed by atoms with Crippen molar-refractivity contribution in [2.24, 2.45) is 0 Å². The molecule has 31 heavy (non-hydrogen) atoms. The first-order valence-electron chi connectivity index (χ1n) is 10.2. The van der Waals surface area contributed by atoms with Gasteiger partial charge in [-0.2, -0.15) is 0 Å². The molecule has 2 aromatic rings. The van der Waals surface area contributed by atoms with Crippen LogP contribution < -0.4 is 4.74 Å². The largest absolute Gasteiger partial charge is 0.507 e. The van der Waals surface area contributed by atoms with Gasteiger partial charge in [-0.25, -0.2) is 0 Å². The molecule has 162 valence electrons. The van der Waals surface area contributed by atoms with Gasteiger partial charge >= 0.3 is 0 Å². The number of carbonyl (C=O) groups is 2. The monoisotopic (exact) mass is 459 g/mol. The van der Waals surface area contributed by atoms with Crippen LogP contribution in [0.15, 0.2) is 42.0 Å². The van der Waals surface area contributed by atoms with Crippen LogP contribution in [0.1, 0.15) is 48.4 Å². The predicted molar refractivity (Wildman–Crippen MR) is 121 cm³/mol. The minimum Gasteiger partial charge on any atom is -0.507 e. The van der Waals surface area contributed by atoms with Gasteiger partial charge in [0.25, 0.3) is 11.7 Å². The van der Waals surface area contributed by atoms with Gasteiger partial charge in [-0.15, -0.1) is 0 Å². The quantitative estimate of drug-likeness (QED) is 0.363. The van der Waals surface area contributed by atoms with Crippen LogP contribution in [0, 0.1) is 6.92 Å². The normalized spacial score (nSPS) is 21.2. The lowest BCUT2D eigenvalue weighted by Crippen LogP contribution is -2.37. The lowest BCUT2D eigenvalue weighted by atomic mass is 9.93.